The van der Waals surface area contributed by atoms with Crippen LogP contribution in [0.4, 0.5) is 0 Å². The lowest BCUT2D eigenvalue weighted by Gasteiger charge is -2.14. The third-order valence-corrected chi connectivity index (χ3v) is 4.10. The van der Waals surface area contributed by atoms with Gasteiger partial charge in [0.2, 0.25) is 0 Å². The number of rotatable bonds is 5. The molecule has 2 N–H and O–H groups in total. The number of hydrogen-bond donors (Lipinski definition) is 2. The van der Waals surface area contributed by atoms with Crippen molar-refractivity contribution in [3.63, 3.8) is 0 Å². The highest BCUT2D eigenvalue weighted by molar-refractivity contribution is 9.10. The predicted octanol–water partition coefficient (Wildman–Crippen LogP) is 2.82. The number of amides is 1. The number of benzene rings is 2. The Morgan fingerprint density at radius 3 is 2.60 bits per heavy atom. The van der Waals surface area contributed by atoms with Crippen molar-refractivity contribution in [2.24, 2.45) is 0 Å². The topological polar surface area (TPSA) is 92.2 Å². The minimum absolute atomic E-state index is 0.0485. The second-order valence-corrected chi connectivity index (χ2v) is 6.34. The molecule has 0 spiro atoms. The first-order chi connectivity index (χ1) is 12.0. The third-order valence-electron chi connectivity index (χ3n) is 3.60. The zero-order valence-corrected chi connectivity index (χ0v) is 14.6. The van der Waals surface area contributed by atoms with Crippen LogP contribution >= 0.6 is 15.9 Å². The number of hydrogen-bond acceptors (Lipinski definition) is 4. The number of aliphatic carboxylic acids is 1. The van der Waals surface area contributed by atoms with E-state index < -0.39 is 17.9 Å². The van der Waals surface area contributed by atoms with E-state index in [0.29, 0.717) is 16.8 Å². The predicted molar refractivity (Wildman–Crippen MR) is 96.3 cm³/mol. The van der Waals surface area contributed by atoms with E-state index in [1.165, 1.54) is 6.20 Å². The molecule has 0 aliphatic heterocycles. The smallest absolute Gasteiger partial charge is 0.326 e. The molecule has 1 amide bonds. The molecule has 1 aromatic heterocycles. The molecule has 3 rings (SSSR count). The van der Waals surface area contributed by atoms with Crippen molar-refractivity contribution in [1.82, 2.24) is 15.3 Å². The zero-order valence-electron chi connectivity index (χ0n) is 13.0. The molecule has 0 unspecified atom stereocenters. The fraction of sp³-hybridized carbons (Fsp3) is 0.111. The molecule has 0 saturated carbocycles. The van der Waals surface area contributed by atoms with Gasteiger partial charge in [-0.2, -0.15) is 0 Å². The van der Waals surface area contributed by atoms with Gasteiger partial charge in [-0.3, -0.25) is 9.78 Å². The summed E-state index contributed by atoms with van der Waals surface area (Å²) in [6, 6.07) is 13.0. The van der Waals surface area contributed by atoms with Gasteiger partial charge in [0.15, 0.2) is 0 Å². The Morgan fingerprint density at radius 1 is 1.12 bits per heavy atom. The summed E-state index contributed by atoms with van der Waals surface area (Å²) in [4.78, 5) is 32.5. The summed E-state index contributed by atoms with van der Waals surface area (Å²) in [5.41, 5.74) is 2.30. The summed E-state index contributed by atoms with van der Waals surface area (Å²) >= 11 is 3.29. The fourth-order valence-corrected chi connectivity index (χ4v) is 2.77. The molecule has 126 valence electrons. The van der Waals surface area contributed by atoms with Crippen molar-refractivity contribution in [1.29, 1.82) is 0 Å². The Kier molecular flexibility index (Phi) is 5.04. The molecular formula is C18H14BrN3O3. The first-order valence-corrected chi connectivity index (χ1v) is 8.32. The van der Waals surface area contributed by atoms with Crippen LogP contribution in [0, 0.1) is 0 Å². The van der Waals surface area contributed by atoms with Crippen molar-refractivity contribution in [2.45, 2.75) is 12.5 Å². The van der Waals surface area contributed by atoms with E-state index in [-0.39, 0.29) is 6.42 Å². The Morgan fingerprint density at radius 2 is 1.88 bits per heavy atom. The van der Waals surface area contributed by atoms with Gasteiger partial charge in [0.1, 0.15) is 6.04 Å². The quantitative estimate of drug-likeness (QED) is 0.687. The summed E-state index contributed by atoms with van der Waals surface area (Å²) in [5, 5.41) is 12.0. The molecule has 0 fully saturated rings. The lowest BCUT2D eigenvalue weighted by atomic mass is 10.1. The number of nitrogens with zero attached hydrogens (tertiary/aromatic N) is 2. The van der Waals surface area contributed by atoms with Crippen LogP contribution in [0.3, 0.4) is 0 Å². The maximum Gasteiger partial charge on any atom is 0.326 e. The maximum atomic E-state index is 12.3. The molecule has 7 heteroatoms. The normalized spacial score (nSPS) is 11.9. The Bertz CT molecular complexity index is 946. The van der Waals surface area contributed by atoms with Gasteiger partial charge in [-0.15, -0.1) is 0 Å². The average molecular weight is 400 g/mol. The monoisotopic (exact) mass is 399 g/mol. The van der Waals surface area contributed by atoms with Gasteiger partial charge >= 0.3 is 5.97 Å². The van der Waals surface area contributed by atoms with Gasteiger partial charge in [-0.1, -0.05) is 34.1 Å². The van der Waals surface area contributed by atoms with Crippen molar-refractivity contribution in [3.05, 3.63) is 70.5 Å². The highest BCUT2D eigenvalue weighted by Crippen LogP contribution is 2.13. The number of para-hydroxylation sites is 2. The van der Waals surface area contributed by atoms with Gasteiger partial charge in [0.25, 0.3) is 5.91 Å². The molecule has 0 aliphatic carbocycles. The Balaban J connectivity index is 1.78. The number of carboxylic acids is 1. The first kappa shape index (κ1) is 17.0. The van der Waals surface area contributed by atoms with E-state index in [1.54, 1.807) is 24.3 Å². The maximum absolute atomic E-state index is 12.3. The number of carbonyl (C=O) groups is 2. The van der Waals surface area contributed by atoms with E-state index in [9.17, 15) is 14.7 Å². The minimum Gasteiger partial charge on any atom is -0.480 e. The molecule has 6 nitrogen and oxygen atoms in total. The first-order valence-electron chi connectivity index (χ1n) is 7.53. The van der Waals surface area contributed by atoms with Crippen LogP contribution in [0.2, 0.25) is 0 Å². The van der Waals surface area contributed by atoms with Crippen LogP contribution in [-0.2, 0) is 11.2 Å². The standard InChI is InChI=1S/C18H14BrN3O3/c19-12-5-3-4-11(8-12)17(23)22-16(18(24)25)9-13-10-20-14-6-1-2-7-15(14)21-13/h1-8,10,16H,9H2,(H,22,23)(H,24,25)/t16-/m0/s1. The van der Waals surface area contributed by atoms with Gasteiger partial charge in [-0.25, -0.2) is 9.78 Å². The van der Waals surface area contributed by atoms with Crippen LogP contribution < -0.4 is 5.32 Å². The van der Waals surface area contributed by atoms with Crippen LogP contribution in [0.1, 0.15) is 16.1 Å². The molecule has 0 saturated heterocycles. The minimum atomic E-state index is -1.13. The highest BCUT2D eigenvalue weighted by atomic mass is 79.9. The molecule has 0 radical (unpaired) electrons. The highest BCUT2D eigenvalue weighted by Gasteiger charge is 2.22. The van der Waals surface area contributed by atoms with Gasteiger partial charge in [-0.05, 0) is 30.3 Å². The molecule has 25 heavy (non-hydrogen) atoms. The molecule has 0 aliphatic rings. The van der Waals surface area contributed by atoms with Crippen LogP contribution in [0.25, 0.3) is 11.0 Å². The molecule has 2 aromatic carbocycles. The molecule has 3 aromatic rings. The number of carboxylic acid groups (broad SMARTS) is 1. The van der Waals surface area contributed by atoms with E-state index >= 15 is 0 Å². The summed E-state index contributed by atoms with van der Waals surface area (Å²) in [5.74, 6) is -1.58. The SMILES string of the molecule is O=C(N[C@@H](Cc1cnc2ccccc2n1)C(=O)O)c1cccc(Br)c1. The number of nitrogens with one attached hydrogen (secondary N) is 1. The van der Waals surface area contributed by atoms with Crippen molar-refractivity contribution in [3.8, 4) is 0 Å². The summed E-state index contributed by atoms with van der Waals surface area (Å²) < 4.78 is 0.743. The van der Waals surface area contributed by atoms with Crippen LogP contribution in [-0.4, -0.2) is 33.0 Å². The van der Waals surface area contributed by atoms with Gasteiger partial charge < -0.3 is 10.4 Å². The Hall–Kier alpha value is -2.80. The molecule has 0 bridgehead atoms. The van der Waals surface area contributed by atoms with Gasteiger partial charge in [0.05, 0.1) is 16.7 Å². The summed E-state index contributed by atoms with van der Waals surface area (Å²) in [6.45, 7) is 0. The second-order valence-electron chi connectivity index (χ2n) is 5.43. The average Bonchev–Trinajstić information content (AvgIpc) is 2.61. The number of fused-ring (bicyclic) bond motifs is 1. The number of halogens is 1. The third kappa shape index (κ3) is 4.19. The molecular weight excluding hydrogens is 386 g/mol. The Labute approximate surface area is 152 Å². The summed E-state index contributed by atoms with van der Waals surface area (Å²) in [6.07, 6.45) is 1.58. The van der Waals surface area contributed by atoms with E-state index in [4.69, 9.17) is 0 Å². The number of carbonyl (C=O) groups excluding carboxylic acids is 1. The molecule has 1 heterocycles. The largest absolute Gasteiger partial charge is 0.480 e. The van der Waals surface area contributed by atoms with Crippen LogP contribution in [0.5, 0.6) is 0 Å². The van der Waals surface area contributed by atoms with Gasteiger partial charge in [0, 0.05) is 22.7 Å². The summed E-state index contributed by atoms with van der Waals surface area (Å²) in [7, 11) is 0. The van der Waals surface area contributed by atoms with Crippen LogP contribution in [0.15, 0.2) is 59.2 Å². The van der Waals surface area contributed by atoms with E-state index in [1.807, 2.05) is 24.3 Å². The zero-order chi connectivity index (χ0) is 17.8. The van der Waals surface area contributed by atoms with Crippen molar-refractivity contribution < 1.29 is 14.7 Å². The molecule has 1 atom stereocenters. The number of aromatic nitrogens is 2. The lowest BCUT2D eigenvalue weighted by Crippen LogP contribution is -2.42. The van der Waals surface area contributed by atoms with E-state index in [0.717, 1.165) is 9.99 Å². The van der Waals surface area contributed by atoms with E-state index in [2.05, 4.69) is 31.2 Å². The van der Waals surface area contributed by atoms with Crippen molar-refractivity contribution >= 4 is 38.8 Å². The second kappa shape index (κ2) is 7.40. The fourth-order valence-electron chi connectivity index (χ4n) is 2.37. The van der Waals surface area contributed by atoms with Crippen molar-refractivity contribution in [2.75, 3.05) is 0 Å². The lowest BCUT2D eigenvalue weighted by molar-refractivity contribution is -0.139.